The second-order valence-electron chi connectivity index (χ2n) is 6.05. The maximum Gasteiger partial charge on any atom is 0.257 e. The normalized spacial score (nSPS) is 10.7. The van der Waals surface area contributed by atoms with E-state index in [1.807, 2.05) is 31.3 Å². The van der Waals surface area contributed by atoms with Crippen LogP contribution in [-0.2, 0) is 11.2 Å². The fourth-order valence-electron chi connectivity index (χ4n) is 2.82. The molecule has 0 radical (unpaired) electrons. The van der Waals surface area contributed by atoms with Crippen LogP contribution in [0.4, 0.5) is 0 Å². The number of nitrogens with one attached hydrogen (secondary N) is 2. The van der Waals surface area contributed by atoms with E-state index >= 15 is 0 Å². The van der Waals surface area contributed by atoms with Crippen molar-refractivity contribution in [3.63, 3.8) is 0 Å². The number of rotatable bonds is 8. The Morgan fingerprint density at radius 1 is 1.08 bits per heavy atom. The molecular weight excluding hydrogens is 328 g/mol. The number of amides is 1. The monoisotopic (exact) mass is 350 g/mol. The lowest BCUT2D eigenvalue weighted by atomic mass is 10.1. The summed E-state index contributed by atoms with van der Waals surface area (Å²) in [6.07, 6.45) is 3.20. The highest BCUT2D eigenvalue weighted by Crippen LogP contribution is 2.17. The number of Topliss-reactive ketones (excluding diaryl/α,β-unsaturated/α-hetero) is 1. The third-order valence-electron chi connectivity index (χ3n) is 4.26. The van der Waals surface area contributed by atoms with Crippen LogP contribution in [0.25, 0.3) is 10.9 Å². The summed E-state index contributed by atoms with van der Waals surface area (Å²) in [5.74, 6) is 0.495. The zero-order valence-electron chi connectivity index (χ0n) is 14.7. The fourth-order valence-corrected chi connectivity index (χ4v) is 2.82. The minimum Gasteiger partial charge on any atom is -0.484 e. The van der Waals surface area contributed by atoms with Crippen molar-refractivity contribution in [2.24, 2.45) is 0 Å². The first-order valence-electron chi connectivity index (χ1n) is 8.75. The molecule has 0 aliphatic heterocycles. The lowest BCUT2D eigenvalue weighted by Crippen LogP contribution is -2.30. The van der Waals surface area contributed by atoms with Gasteiger partial charge in [0, 0.05) is 35.6 Å². The number of hydrogen-bond donors (Lipinski definition) is 2. The lowest BCUT2D eigenvalue weighted by molar-refractivity contribution is -0.123. The Labute approximate surface area is 152 Å². The van der Waals surface area contributed by atoms with Gasteiger partial charge in [0.05, 0.1) is 0 Å². The zero-order chi connectivity index (χ0) is 18.4. The molecule has 0 saturated heterocycles. The molecule has 0 aliphatic rings. The smallest absolute Gasteiger partial charge is 0.257 e. The van der Waals surface area contributed by atoms with Gasteiger partial charge in [-0.1, -0.05) is 25.1 Å². The maximum absolute atomic E-state index is 11.9. The average Bonchev–Trinajstić information content (AvgIpc) is 3.09. The number of aromatic amines is 1. The summed E-state index contributed by atoms with van der Waals surface area (Å²) < 4.78 is 5.46. The van der Waals surface area contributed by atoms with Gasteiger partial charge in [-0.25, -0.2) is 0 Å². The van der Waals surface area contributed by atoms with Crippen LogP contribution < -0.4 is 10.1 Å². The van der Waals surface area contributed by atoms with Crippen molar-refractivity contribution in [1.82, 2.24) is 10.3 Å². The van der Waals surface area contributed by atoms with E-state index in [1.165, 1.54) is 10.9 Å². The Bertz CT molecular complexity index is 897. The number of H-pyrrole nitrogens is 1. The number of ketones is 1. The molecule has 26 heavy (non-hydrogen) atoms. The first kappa shape index (κ1) is 17.7. The number of ether oxygens (including phenoxy) is 1. The van der Waals surface area contributed by atoms with E-state index in [4.69, 9.17) is 4.74 Å². The number of carbonyl (C=O) groups excluding carboxylic acids is 2. The van der Waals surface area contributed by atoms with Crippen molar-refractivity contribution >= 4 is 22.6 Å². The molecule has 5 nitrogen and oxygen atoms in total. The Kier molecular flexibility index (Phi) is 5.69. The minimum absolute atomic E-state index is 0.0467. The quantitative estimate of drug-likeness (QED) is 0.611. The Balaban J connectivity index is 1.43. The lowest BCUT2D eigenvalue weighted by Gasteiger charge is -2.08. The summed E-state index contributed by atoms with van der Waals surface area (Å²) in [6.45, 7) is 2.33. The van der Waals surface area contributed by atoms with Gasteiger partial charge in [-0.15, -0.1) is 0 Å². The van der Waals surface area contributed by atoms with Gasteiger partial charge in [-0.2, -0.15) is 0 Å². The molecule has 3 rings (SSSR count). The second-order valence-corrected chi connectivity index (χ2v) is 6.05. The molecule has 0 unspecified atom stereocenters. The number of fused-ring (bicyclic) bond motifs is 1. The van der Waals surface area contributed by atoms with Gasteiger partial charge in [0.2, 0.25) is 0 Å². The molecule has 2 N–H and O–H groups in total. The summed E-state index contributed by atoms with van der Waals surface area (Å²) in [6, 6.07) is 15.0. The van der Waals surface area contributed by atoms with Crippen LogP contribution >= 0.6 is 0 Å². The van der Waals surface area contributed by atoms with Crippen molar-refractivity contribution in [1.29, 1.82) is 0 Å². The van der Waals surface area contributed by atoms with E-state index in [1.54, 1.807) is 24.3 Å². The maximum atomic E-state index is 11.9. The summed E-state index contributed by atoms with van der Waals surface area (Å²) in [5.41, 5.74) is 2.93. The molecular formula is C21H22N2O3. The molecule has 2 aromatic carbocycles. The number of benzene rings is 2. The number of carbonyl (C=O) groups is 2. The molecule has 0 saturated carbocycles. The average molecular weight is 350 g/mol. The van der Waals surface area contributed by atoms with Crippen LogP contribution in [0.3, 0.4) is 0 Å². The van der Waals surface area contributed by atoms with Crippen LogP contribution in [0.5, 0.6) is 5.75 Å². The molecule has 1 amide bonds. The van der Waals surface area contributed by atoms with E-state index in [0.29, 0.717) is 24.3 Å². The van der Waals surface area contributed by atoms with Gasteiger partial charge in [-0.05, 0) is 42.3 Å². The van der Waals surface area contributed by atoms with Gasteiger partial charge < -0.3 is 15.0 Å². The van der Waals surface area contributed by atoms with Gasteiger partial charge >= 0.3 is 0 Å². The highest BCUT2D eigenvalue weighted by atomic mass is 16.5. The molecule has 3 aromatic rings. The van der Waals surface area contributed by atoms with Crippen LogP contribution in [0, 0.1) is 0 Å². The number of aromatic nitrogens is 1. The van der Waals surface area contributed by atoms with Crippen molar-refractivity contribution < 1.29 is 14.3 Å². The summed E-state index contributed by atoms with van der Waals surface area (Å²) in [7, 11) is 0. The molecule has 0 fully saturated rings. The molecule has 0 spiro atoms. The van der Waals surface area contributed by atoms with Crippen LogP contribution in [-0.4, -0.2) is 29.8 Å². The predicted molar refractivity (Wildman–Crippen MR) is 102 cm³/mol. The SMILES string of the molecule is CCC(=O)c1ccc(OCC(=O)NCCc2c[nH]c3ccccc23)cc1. The van der Waals surface area contributed by atoms with Crippen LogP contribution in [0.1, 0.15) is 29.3 Å². The van der Waals surface area contributed by atoms with E-state index in [0.717, 1.165) is 11.9 Å². The van der Waals surface area contributed by atoms with E-state index < -0.39 is 0 Å². The summed E-state index contributed by atoms with van der Waals surface area (Å²) in [4.78, 5) is 26.7. The van der Waals surface area contributed by atoms with Crippen molar-refractivity contribution in [2.45, 2.75) is 19.8 Å². The Morgan fingerprint density at radius 2 is 1.85 bits per heavy atom. The first-order valence-corrected chi connectivity index (χ1v) is 8.75. The second kappa shape index (κ2) is 8.34. The largest absolute Gasteiger partial charge is 0.484 e. The predicted octanol–water partition coefficient (Wildman–Crippen LogP) is 3.50. The first-order chi connectivity index (χ1) is 12.7. The number of para-hydroxylation sites is 1. The summed E-state index contributed by atoms with van der Waals surface area (Å²) in [5, 5.41) is 4.04. The topological polar surface area (TPSA) is 71.2 Å². The standard InChI is InChI=1S/C21H22N2O3/c1-2-20(24)15-7-9-17(10-8-15)26-14-21(25)22-12-11-16-13-23-19-6-4-3-5-18(16)19/h3-10,13,23H,2,11-12,14H2,1H3,(H,22,25). The van der Waals surface area contributed by atoms with Gasteiger partial charge in [-0.3, -0.25) is 9.59 Å². The van der Waals surface area contributed by atoms with E-state index in [2.05, 4.69) is 16.4 Å². The van der Waals surface area contributed by atoms with Gasteiger partial charge in [0.1, 0.15) is 5.75 Å². The van der Waals surface area contributed by atoms with Gasteiger partial charge in [0.25, 0.3) is 5.91 Å². The Morgan fingerprint density at radius 3 is 2.62 bits per heavy atom. The zero-order valence-corrected chi connectivity index (χ0v) is 14.7. The van der Waals surface area contributed by atoms with Crippen molar-refractivity contribution in [2.75, 3.05) is 13.2 Å². The summed E-state index contributed by atoms with van der Waals surface area (Å²) >= 11 is 0. The highest BCUT2D eigenvalue weighted by Gasteiger charge is 2.07. The fraction of sp³-hybridized carbons (Fsp3) is 0.238. The van der Waals surface area contributed by atoms with Gasteiger partial charge in [0.15, 0.2) is 12.4 Å². The van der Waals surface area contributed by atoms with E-state index in [9.17, 15) is 9.59 Å². The van der Waals surface area contributed by atoms with Crippen LogP contribution in [0.15, 0.2) is 54.7 Å². The molecule has 0 atom stereocenters. The third kappa shape index (κ3) is 4.30. The molecule has 0 aliphatic carbocycles. The molecule has 5 heteroatoms. The van der Waals surface area contributed by atoms with E-state index in [-0.39, 0.29) is 18.3 Å². The molecule has 134 valence electrons. The molecule has 0 bridgehead atoms. The van der Waals surface area contributed by atoms with Crippen molar-refractivity contribution in [3.8, 4) is 5.75 Å². The van der Waals surface area contributed by atoms with Crippen LogP contribution in [0.2, 0.25) is 0 Å². The van der Waals surface area contributed by atoms with Crippen molar-refractivity contribution in [3.05, 3.63) is 65.9 Å². The Hall–Kier alpha value is -3.08. The molecule has 1 aromatic heterocycles. The number of hydrogen-bond acceptors (Lipinski definition) is 3. The molecule has 1 heterocycles. The third-order valence-corrected chi connectivity index (χ3v) is 4.26. The highest BCUT2D eigenvalue weighted by molar-refractivity contribution is 5.95. The minimum atomic E-state index is -0.168.